The molecule has 0 heterocycles. The number of halogens is 2. The first-order chi connectivity index (χ1) is 8.43. The van der Waals surface area contributed by atoms with E-state index in [0.717, 1.165) is 8.95 Å². The highest BCUT2D eigenvalue weighted by Crippen LogP contribution is 2.20. The third-order valence-corrected chi connectivity index (χ3v) is 3.05. The van der Waals surface area contributed by atoms with Gasteiger partial charge in [-0.1, -0.05) is 37.9 Å². The fourth-order valence-electron chi connectivity index (χ4n) is 1.31. The Kier molecular flexibility index (Phi) is 5.55. The van der Waals surface area contributed by atoms with Crippen LogP contribution in [0.3, 0.4) is 0 Å². The molecule has 0 aliphatic rings. The topological polar surface area (TPSA) is 66.4 Å². The van der Waals surface area contributed by atoms with Crippen LogP contribution in [-0.4, -0.2) is 23.0 Å². The van der Waals surface area contributed by atoms with E-state index in [-0.39, 0.29) is 6.42 Å². The van der Waals surface area contributed by atoms with Crippen LogP contribution in [0.5, 0.6) is 0 Å². The molecule has 6 heteroatoms. The van der Waals surface area contributed by atoms with E-state index in [9.17, 15) is 9.59 Å². The Morgan fingerprint density at radius 2 is 1.89 bits per heavy atom. The average Bonchev–Trinajstić information content (AvgIpc) is 2.26. The van der Waals surface area contributed by atoms with Crippen LogP contribution >= 0.6 is 31.9 Å². The van der Waals surface area contributed by atoms with Crippen molar-refractivity contribution in [1.29, 1.82) is 0 Å². The van der Waals surface area contributed by atoms with Crippen LogP contribution in [0.25, 0.3) is 0 Å². The van der Waals surface area contributed by atoms with E-state index in [0.29, 0.717) is 5.56 Å². The standard InChI is InChI=1S/C12H11Br2NO3/c1-2-3-10(12(17)18)15-11(16)7-4-8(13)6-9(14)5-7/h2,4-6,10H,1,3H2,(H,15,16)(H,17,18)/t10-/m1/s1. The second-order valence-corrected chi connectivity index (χ2v) is 5.38. The highest BCUT2D eigenvalue weighted by molar-refractivity contribution is 9.11. The Morgan fingerprint density at radius 3 is 2.33 bits per heavy atom. The van der Waals surface area contributed by atoms with Crippen molar-refractivity contribution in [2.75, 3.05) is 0 Å². The van der Waals surface area contributed by atoms with Gasteiger partial charge in [0.1, 0.15) is 6.04 Å². The van der Waals surface area contributed by atoms with Gasteiger partial charge in [0.25, 0.3) is 5.91 Å². The molecule has 1 aromatic carbocycles. The molecule has 96 valence electrons. The van der Waals surface area contributed by atoms with Crippen LogP contribution in [0.1, 0.15) is 16.8 Å². The number of hydrogen-bond donors (Lipinski definition) is 2. The number of hydrogen-bond acceptors (Lipinski definition) is 2. The zero-order chi connectivity index (χ0) is 13.7. The molecule has 18 heavy (non-hydrogen) atoms. The van der Waals surface area contributed by atoms with E-state index < -0.39 is 17.9 Å². The van der Waals surface area contributed by atoms with Gasteiger partial charge >= 0.3 is 5.97 Å². The zero-order valence-electron chi connectivity index (χ0n) is 9.32. The molecule has 0 spiro atoms. The van der Waals surface area contributed by atoms with E-state index >= 15 is 0 Å². The number of carboxylic acid groups (broad SMARTS) is 1. The van der Waals surface area contributed by atoms with Crippen molar-refractivity contribution >= 4 is 43.7 Å². The number of nitrogens with one attached hydrogen (secondary N) is 1. The Labute approximate surface area is 121 Å². The first-order valence-corrected chi connectivity index (χ1v) is 6.63. The molecule has 0 fully saturated rings. The summed E-state index contributed by atoms with van der Waals surface area (Å²) >= 11 is 6.53. The van der Waals surface area contributed by atoms with E-state index in [1.54, 1.807) is 18.2 Å². The molecule has 0 radical (unpaired) electrons. The van der Waals surface area contributed by atoms with Crippen molar-refractivity contribution in [3.8, 4) is 0 Å². The number of carbonyl (C=O) groups is 2. The smallest absolute Gasteiger partial charge is 0.326 e. The van der Waals surface area contributed by atoms with Gasteiger partial charge in [-0.3, -0.25) is 4.79 Å². The van der Waals surface area contributed by atoms with Crippen LogP contribution < -0.4 is 5.32 Å². The fraction of sp³-hybridized carbons (Fsp3) is 0.167. The lowest BCUT2D eigenvalue weighted by molar-refractivity contribution is -0.139. The maximum atomic E-state index is 11.9. The summed E-state index contributed by atoms with van der Waals surface area (Å²) in [5.41, 5.74) is 0.381. The van der Waals surface area contributed by atoms with Crippen molar-refractivity contribution in [1.82, 2.24) is 5.32 Å². The van der Waals surface area contributed by atoms with Crippen LogP contribution in [0.15, 0.2) is 39.8 Å². The Hall–Kier alpha value is -1.14. The van der Waals surface area contributed by atoms with Gasteiger partial charge in [0, 0.05) is 14.5 Å². The third-order valence-electron chi connectivity index (χ3n) is 2.13. The van der Waals surface area contributed by atoms with Gasteiger partial charge in [0.15, 0.2) is 0 Å². The molecule has 1 aromatic rings. The van der Waals surface area contributed by atoms with Crippen molar-refractivity contribution in [2.24, 2.45) is 0 Å². The van der Waals surface area contributed by atoms with E-state index in [1.807, 2.05) is 0 Å². The first kappa shape index (κ1) is 14.9. The highest BCUT2D eigenvalue weighted by atomic mass is 79.9. The van der Waals surface area contributed by atoms with Crippen LogP contribution in [0.2, 0.25) is 0 Å². The van der Waals surface area contributed by atoms with Gasteiger partial charge in [0.2, 0.25) is 0 Å². The third kappa shape index (κ3) is 4.27. The maximum absolute atomic E-state index is 11.9. The molecule has 0 aliphatic heterocycles. The van der Waals surface area contributed by atoms with E-state index in [1.165, 1.54) is 6.08 Å². The van der Waals surface area contributed by atoms with Gasteiger partial charge in [-0.2, -0.15) is 0 Å². The molecule has 1 amide bonds. The lowest BCUT2D eigenvalue weighted by Gasteiger charge is -2.12. The number of amides is 1. The molecule has 2 N–H and O–H groups in total. The molecule has 1 rings (SSSR count). The second-order valence-electron chi connectivity index (χ2n) is 3.55. The zero-order valence-corrected chi connectivity index (χ0v) is 12.5. The lowest BCUT2D eigenvalue weighted by Crippen LogP contribution is -2.40. The summed E-state index contributed by atoms with van der Waals surface area (Å²) in [6.45, 7) is 3.46. The lowest BCUT2D eigenvalue weighted by atomic mass is 10.1. The van der Waals surface area contributed by atoms with Gasteiger partial charge in [0.05, 0.1) is 0 Å². The highest BCUT2D eigenvalue weighted by Gasteiger charge is 2.19. The minimum absolute atomic E-state index is 0.177. The molecule has 4 nitrogen and oxygen atoms in total. The molecule has 1 atom stereocenters. The van der Waals surface area contributed by atoms with Crippen molar-refractivity contribution in [3.05, 3.63) is 45.4 Å². The molecule has 0 aliphatic carbocycles. The summed E-state index contributed by atoms with van der Waals surface area (Å²) in [6, 6.07) is 4.06. The summed E-state index contributed by atoms with van der Waals surface area (Å²) < 4.78 is 1.47. The Balaban J connectivity index is 2.86. The fourth-order valence-corrected chi connectivity index (χ4v) is 2.61. The minimum atomic E-state index is -1.09. The summed E-state index contributed by atoms with van der Waals surface area (Å²) in [7, 11) is 0. The molecule has 0 saturated heterocycles. The predicted octanol–water partition coefficient (Wildman–Crippen LogP) is 2.97. The largest absolute Gasteiger partial charge is 0.480 e. The van der Waals surface area contributed by atoms with Crippen molar-refractivity contribution < 1.29 is 14.7 Å². The number of aliphatic carboxylic acids is 1. The minimum Gasteiger partial charge on any atom is -0.480 e. The number of carbonyl (C=O) groups excluding carboxylic acids is 1. The normalized spacial score (nSPS) is 11.7. The molecule has 0 bridgehead atoms. The van der Waals surface area contributed by atoms with Gasteiger partial charge in [-0.05, 0) is 24.6 Å². The molecular weight excluding hydrogens is 366 g/mol. The first-order valence-electron chi connectivity index (χ1n) is 5.04. The van der Waals surface area contributed by atoms with Gasteiger partial charge in [-0.15, -0.1) is 6.58 Å². The SMILES string of the molecule is C=CC[C@@H](NC(=O)c1cc(Br)cc(Br)c1)C(=O)O. The molecule has 0 saturated carbocycles. The monoisotopic (exact) mass is 375 g/mol. The van der Waals surface area contributed by atoms with Crippen molar-refractivity contribution in [2.45, 2.75) is 12.5 Å². The predicted molar refractivity (Wildman–Crippen MR) is 75.5 cm³/mol. The van der Waals surface area contributed by atoms with E-state index in [4.69, 9.17) is 5.11 Å². The van der Waals surface area contributed by atoms with Crippen molar-refractivity contribution in [3.63, 3.8) is 0 Å². The molecule has 0 unspecified atom stereocenters. The average molecular weight is 377 g/mol. The molecular formula is C12H11Br2NO3. The Bertz CT molecular complexity index is 468. The van der Waals surface area contributed by atoms with E-state index in [2.05, 4.69) is 43.8 Å². The summed E-state index contributed by atoms with van der Waals surface area (Å²) in [4.78, 5) is 22.8. The second kappa shape index (κ2) is 6.70. The summed E-state index contributed by atoms with van der Waals surface area (Å²) in [5.74, 6) is -1.52. The van der Waals surface area contributed by atoms with Crippen LogP contribution in [0, 0.1) is 0 Å². The Morgan fingerprint density at radius 1 is 1.33 bits per heavy atom. The van der Waals surface area contributed by atoms with Crippen LogP contribution in [-0.2, 0) is 4.79 Å². The van der Waals surface area contributed by atoms with Crippen LogP contribution in [0.4, 0.5) is 0 Å². The maximum Gasteiger partial charge on any atom is 0.326 e. The van der Waals surface area contributed by atoms with Gasteiger partial charge < -0.3 is 10.4 Å². The molecule has 0 aromatic heterocycles. The number of rotatable bonds is 5. The van der Waals surface area contributed by atoms with Gasteiger partial charge in [-0.25, -0.2) is 4.79 Å². The number of carboxylic acids is 1. The summed E-state index contributed by atoms with van der Waals surface area (Å²) in [6.07, 6.45) is 1.63. The number of benzene rings is 1. The summed E-state index contributed by atoms with van der Waals surface area (Å²) in [5, 5.41) is 11.4. The quantitative estimate of drug-likeness (QED) is 0.776.